The third kappa shape index (κ3) is 4.73. The third-order valence-electron chi connectivity index (χ3n) is 2.52. The Bertz CT molecular complexity index is 95.8. The summed E-state index contributed by atoms with van der Waals surface area (Å²) in [5.74, 6) is 0.751. The molecular weight excluding hydrogens is 150 g/mol. The smallest absolute Gasteiger partial charge is 0.0469 e. The van der Waals surface area contributed by atoms with E-state index in [0.29, 0.717) is 6.04 Å². The van der Waals surface area contributed by atoms with E-state index in [9.17, 15) is 0 Å². The molecule has 0 aromatic carbocycles. The van der Waals surface area contributed by atoms with Crippen LogP contribution >= 0.6 is 0 Å². The molecule has 0 aromatic heterocycles. The van der Waals surface area contributed by atoms with E-state index in [-0.39, 0.29) is 0 Å². The van der Waals surface area contributed by atoms with E-state index in [1.165, 1.54) is 12.8 Å². The number of nitrogens with one attached hydrogen (secondary N) is 1. The maximum Gasteiger partial charge on any atom is 0.0469 e. The summed E-state index contributed by atoms with van der Waals surface area (Å²) in [5, 5.41) is 3.29. The molecule has 0 aliphatic carbocycles. The van der Waals surface area contributed by atoms with Crippen molar-refractivity contribution in [3.8, 4) is 0 Å². The Morgan fingerprint density at radius 1 is 1.33 bits per heavy atom. The van der Waals surface area contributed by atoms with Gasteiger partial charge in [0.25, 0.3) is 0 Å². The average molecular weight is 173 g/mol. The van der Waals surface area contributed by atoms with E-state index in [1.807, 2.05) is 14.0 Å². The lowest BCUT2D eigenvalue weighted by Crippen LogP contribution is -2.30. The minimum Gasteiger partial charge on any atom is -0.382 e. The molecule has 2 heteroatoms. The largest absolute Gasteiger partial charge is 0.382 e. The van der Waals surface area contributed by atoms with Gasteiger partial charge in [-0.3, -0.25) is 0 Å². The molecule has 0 aliphatic heterocycles. The molecule has 0 aliphatic rings. The second kappa shape index (κ2) is 7.56. The van der Waals surface area contributed by atoms with E-state index in [4.69, 9.17) is 4.74 Å². The fourth-order valence-corrected chi connectivity index (χ4v) is 1.42. The zero-order chi connectivity index (χ0) is 9.40. The van der Waals surface area contributed by atoms with E-state index in [0.717, 1.165) is 19.1 Å². The van der Waals surface area contributed by atoms with E-state index in [2.05, 4.69) is 19.2 Å². The maximum absolute atomic E-state index is 5.33. The lowest BCUT2D eigenvalue weighted by molar-refractivity contribution is 0.125. The zero-order valence-corrected chi connectivity index (χ0v) is 8.89. The molecule has 0 aromatic rings. The molecule has 2 unspecified atom stereocenters. The van der Waals surface area contributed by atoms with Crippen LogP contribution in [0.1, 0.15) is 33.6 Å². The van der Waals surface area contributed by atoms with Crippen LogP contribution in [0.15, 0.2) is 0 Å². The molecule has 74 valence electrons. The summed E-state index contributed by atoms with van der Waals surface area (Å²) in [6.07, 6.45) is 2.40. The lowest BCUT2D eigenvalue weighted by Gasteiger charge is -2.21. The molecule has 1 N–H and O–H groups in total. The highest BCUT2D eigenvalue weighted by molar-refractivity contribution is 4.68. The molecule has 0 heterocycles. The SMILES string of the molecule is CCOCCC(CC)C(C)NC. The van der Waals surface area contributed by atoms with Crippen molar-refractivity contribution in [2.24, 2.45) is 5.92 Å². The van der Waals surface area contributed by atoms with Crippen LogP contribution in [0.4, 0.5) is 0 Å². The molecule has 0 amide bonds. The molecule has 2 atom stereocenters. The fourth-order valence-electron chi connectivity index (χ4n) is 1.42. The van der Waals surface area contributed by atoms with Crippen molar-refractivity contribution in [1.29, 1.82) is 0 Å². The summed E-state index contributed by atoms with van der Waals surface area (Å²) in [6.45, 7) is 8.26. The topological polar surface area (TPSA) is 21.3 Å². The molecule has 0 rings (SSSR count). The third-order valence-corrected chi connectivity index (χ3v) is 2.52. The highest BCUT2D eigenvalue weighted by atomic mass is 16.5. The quantitative estimate of drug-likeness (QED) is 0.595. The van der Waals surface area contributed by atoms with Crippen molar-refractivity contribution >= 4 is 0 Å². The number of hydrogen-bond acceptors (Lipinski definition) is 2. The molecule has 0 fully saturated rings. The molecule has 0 saturated heterocycles. The van der Waals surface area contributed by atoms with Crippen LogP contribution in [-0.2, 0) is 4.74 Å². The van der Waals surface area contributed by atoms with Gasteiger partial charge in [0.1, 0.15) is 0 Å². The first-order chi connectivity index (χ1) is 5.76. The second-order valence-electron chi connectivity index (χ2n) is 3.23. The minimum absolute atomic E-state index is 0.607. The van der Waals surface area contributed by atoms with Crippen molar-refractivity contribution < 1.29 is 4.74 Å². The summed E-state index contributed by atoms with van der Waals surface area (Å²) in [7, 11) is 2.02. The molecule has 0 saturated carbocycles. The predicted octanol–water partition coefficient (Wildman–Crippen LogP) is 2.05. The Morgan fingerprint density at radius 3 is 2.42 bits per heavy atom. The predicted molar refractivity (Wildman–Crippen MR) is 53.4 cm³/mol. The first-order valence-electron chi connectivity index (χ1n) is 5.01. The van der Waals surface area contributed by atoms with Gasteiger partial charge in [-0.1, -0.05) is 13.3 Å². The highest BCUT2D eigenvalue weighted by Gasteiger charge is 2.12. The molecule has 0 spiro atoms. The standard InChI is InChI=1S/C10H23NO/c1-5-10(9(3)11-4)7-8-12-6-2/h9-11H,5-8H2,1-4H3. The van der Waals surface area contributed by atoms with Gasteiger partial charge in [0.15, 0.2) is 0 Å². The average Bonchev–Trinajstić information content (AvgIpc) is 2.11. The van der Waals surface area contributed by atoms with Gasteiger partial charge in [-0.15, -0.1) is 0 Å². The van der Waals surface area contributed by atoms with Crippen LogP contribution in [0.3, 0.4) is 0 Å². The van der Waals surface area contributed by atoms with Gasteiger partial charge >= 0.3 is 0 Å². The zero-order valence-electron chi connectivity index (χ0n) is 8.89. The highest BCUT2D eigenvalue weighted by Crippen LogP contribution is 2.12. The van der Waals surface area contributed by atoms with E-state index in [1.54, 1.807) is 0 Å². The number of ether oxygens (including phenoxy) is 1. The van der Waals surface area contributed by atoms with Crippen molar-refractivity contribution in [2.75, 3.05) is 20.3 Å². The number of rotatable bonds is 7. The Labute approximate surface area is 76.7 Å². The van der Waals surface area contributed by atoms with Gasteiger partial charge in [0.2, 0.25) is 0 Å². The fraction of sp³-hybridized carbons (Fsp3) is 1.00. The van der Waals surface area contributed by atoms with Gasteiger partial charge in [0, 0.05) is 19.3 Å². The molecule has 12 heavy (non-hydrogen) atoms. The summed E-state index contributed by atoms with van der Waals surface area (Å²) in [6, 6.07) is 0.607. The number of hydrogen-bond donors (Lipinski definition) is 1. The van der Waals surface area contributed by atoms with Crippen LogP contribution in [0.5, 0.6) is 0 Å². The first kappa shape index (κ1) is 11.9. The van der Waals surface area contributed by atoms with Crippen molar-refractivity contribution in [3.05, 3.63) is 0 Å². The van der Waals surface area contributed by atoms with Crippen molar-refractivity contribution in [3.63, 3.8) is 0 Å². The van der Waals surface area contributed by atoms with Crippen LogP contribution in [0, 0.1) is 5.92 Å². The van der Waals surface area contributed by atoms with Crippen LogP contribution in [-0.4, -0.2) is 26.3 Å². The van der Waals surface area contributed by atoms with Gasteiger partial charge in [-0.05, 0) is 33.2 Å². The summed E-state index contributed by atoms with van der Waals surface area (Å²) >= 11 is 0. The normalized spacial score (nSPS) is 16.0. The van der Waals surface area contributed by atoms with Gasteiger partial charge in [0.05, 0.1) is 0 Å². The first-order valence-corrected chi connectivity index (χ1v) is 5.01. The molecule has 0 radical (unpaired) electrons. The molecular formula is C10H23NO. The van der Waals surface area contributed by atoms with E-state index >= 15 is 0 Å². The second-order valence-corrected chi connectivity index (χ2v) is 3.23. The monoisotopic (exact) mass is 173 g/mol. The molecule has 2 nitrogen and oxygen atoms in total. The minimum atomic E-state index is 0.607. The van der Waals surface area contributed by atoms with Gasteiger partial charge in [-0.2, -0.15) is 0 Å². The summed E-state index contributed by atoms with van der Waals surface area (Å²) in [4.78, 5) is 0. The van der Waals surface area contributed by atoms with Crippen LogP contribution < -0.4 is 5.32 Å². The van der Waals surface area contributed by atoms with Crippen molar-refractivity contribution in [2.45, 2.75) is 39.7 Å². The Kier molecular flexibility index (Phi) is 7.51. The Balaban J connectivity index is 3.52. The van der Waals surface area contributed by atoms with Gasteiger partial charge in [-0.25, -0.2) is 0 Å². The van der Waals surface area contributed by atoms with Crippen LogP contribution in [0.2, 0.25) is 0 Å². The summed E-state index contributed by atoms with van der Waals surface area (Å²) in [5.41, 5.74) is 0. The molecule has 0 bridgehead atoms. The Hall–Kier alpha value is -0.0800. The summed E-state index contributed by atoms with van der Waals surface area (Å²) < 4.78 is 5.33. The van der Waals surface area contributed by atoms with Crippen LogP contribution in [0.25, 0.3) is 0 Å². The van der Waals surface area contributed by atoms with Crippen molar-refractivity contribution in [1.82, 2.24) is 5.32 Å². The maximum atomic E-state index is 5.33. The lowest BCUT2D eigenvalue weighted by atomic mass is 9.95. The van der Waals surface area contributed by atoms with E-state index < -0.39 is 0 Å². The Morgan fingerprint density at radius 2 is 2.00 bits per heavy atom. The van der Waals surface area contributed by atoms with Gasteiger partial charge < -0.3 is 10.1 Å².